The maximum absolute atomic E-state index is 10.3. The van der Waals surface area contributed by atoms with Crippen molar-refractivity contribution in [3.05, 3.63) is 9.66 Å². The molecule has 0 N–H and O–H groups in total. The van der Waals surface area contributed by atoms with Gasteiger partial charge >= 0.3 is 0 Å². The molecule has 0 aromatic carbocycles. The molecule has 0 saturated heterocycles. The van der Waals surface area contributed by atoms with Crippen LogP contribution in [0, 0.1) is 0 Å². The summed E-state index contributed by atoms with van der Waals surface area (Å²) in [4.78, 5) is 10.3. The van der Waals surface area contributed by atoms with Crippen LogP contribution in [-0.4, -0.2) is 21.2 Å². The van der Waals surface area contributed by atoms with Crippen LogP contribution in [-0.2, 0) is 9.22 Å². The third-order valence-corrected chi connectivity index (χ3v) is 8.07. The number of hydrogen-bond donors (Lipinski definition) is 0. The van der Waals surface area contributed by atoms with Gasteiger partial charge in [-0.25, -0.2) is 0 Å². The summed E-state index contributed by atoms with van der Waals surface area (Å²) in [5.74, 6) is 0. The van der Waals surface area contributed by atoms with Gasteiger partial charge in [-0.1, -0.05) is 26.8 Å². The Morgan fingerprint density at radius 1 is 1.40 bits per heavy atom. The van der Waals surface area contributed by atoms with Crippen molar-refractivity contribution in [2.24, 2.45) is 0 Å². The highest BCUT2D eigenvalue weighted by Gasteiger charge is 2.36. The first-order valence-electron chi connectivity index (χ1n) is 5.15. The normalized spacial score (nSPS) is 14.1. The molecule has 0 aromatic rings. The number of rotatable bonds is 5. The fourth-order valence-corrected chi connectivity index (χ4v) is 2.15. The van der Waals surface area contributed by atoms with E-state index < -0.39 is 8.32 Å². The van der Waals surface area contributed by atoms with E-state index in [2.05, 4.69) is 33.9 Å². The van der Waals surface area contributed by atoms with E-state index in [4.69, 9.17) is 4.43 Å². The van der Waals surface area contributed by atoms with E-state index in [1.165, 1.54) is 0 Å². The molecule has 0 spiro atoms. The van der Waals surface area contributed by atoms with E-state index in [-0.39, 0.29) is 5.04 Å². The van der Waals surface area contributed by atoms with Crippen LogP contribution in [0.2, 0.25) is 18.1 Å². The van der Waals surface area contributed by atoms with Gasteiger partial charge in [0.05, 0.1) is 0 Å². The van der Waals surface area contributed by atoms with Crippen molar-refractivity contribution < 1.29 is 9.22 Å². The molecule has 0 saturated carbocycles. The topological polar surface area (TPSA) is 26.3 Å². The number of carbonyl (C=O) groups excluding carboxylic acids is 1. The average Bonchev–Trinajstić information content (AvgIpc) is 2.10. The summed E-state index contributed by atoms with van der Waals surface area (Å²) in [5.41, 5.74) is 0. The zero-order valence-electron chi connectivity index (χ0n) is 10.3. The van der Waals surface area contributed by atoms with Gasteiger partial charge < -0.3 is 4.43 Å². The maximum atomic E-state index is 10.3. The van der Waals surface area contributed by atoms with Crippen molar-refractivity contribution in [2.45, 2.75) is 45.3 Å². The Kier molecular flexibility index (Phi) is 6.28. The van der Waals surface area contributed by atoms with Crippen molar-refractivity contribution in [1.29, 1.82) is 0 Å². The molecule has 2 nitrogen and oxygen atoms in total. The highest BCUT2D eigenvalue weighted by atomic mass is 127. The van der Waals surface area contributed by atoms with Crippen LogP contribution in [0.15, 0.2) is 9.66 Å². The van der Waals surface area contributed by atoms with Gasteiger partial charge in [0, 0.05) is 10.2 Å². The molecular formula is C11H21IO2Si. The minimum atomic E-state index is -1.61. The van der Waals surface area contributed by atoms with E-state index in [1.807, 2.05) is 28.7 Å². The molecular weight excluding hydrogens is 319 g/mol. The molecule has 0 fully saturated rings. The Balaban J connectivity index is 4.02. The number of halogens is 1. The van der Waals surface area contributed by atoms with Crippen molar-refractivity contribution in [3.8, 4) is 0 Å². The van der Waals surface area contributed by atoms with Gasteiger partial charge in [-0.05, 0) is 47.1 Å². The second-order valence-electron chi connectivity index (χ2n) is 5.10. The van der Waals surface area contributed by atoms with Crippen LogP contribution in [0.5, 0.6) is 0 Å². The summed E-state index contributed by atoms with van der Waals surface area (Å²) >= 11 is 2.03. The average molecular weight is 340 g/mol. The van der Waals surface area contributed by atoms with Crippen LogP contribution >= 0.6 is 22.6 Å². The van der Waals surface area contributed by atoms with E-state index >= 15 is 0 Å². The third kappa shape index (κ3) is 5.82. The van der Waals surface area contributed by atoms with Crippen LogP contribution in [0.25, 0.3) is 0 Å². The minimum absolute atomic E-state index is 0.258. The van der Waals surface area contributed by atoms with E-state index in [1.54, 1.807) is 0 Å². The van der Waals surface area contributed by atoms with Crippen molar-refractivity contribution in [1.82, 2.24) is 0 Å². The number of hydrogen-bond acceptors (Lipinski definition) is 2. The van der Waals surface area contributed by atoms with Crippen LogP contribution in [0.1, 0.15) is 27.2 Å². The SMILES string of the molecule is CC(C)(C)[Si](C)(C)OCC/C=C(\I)C=O. The van der Waals surface area contributed by atoms with E-state index in [0.29, 0.717) is 0 Å². The molecule has 0 unspecified atom stereocenters. The lowest BCUT2D eigenvalue weighted by Gasteiger charge is -2.36. The number of carbonyl (C=O) groups is 1. The molecule has 0 heterocycles. The standard InChI is InChI=1S/C11H21IO2Si/c1-11(2,3)15(4,5)14-8-6-7-10(12)9-13/h7,9H,6,8H2,1-5H3/b10-7-. The summed E-state index contributed by atoms with van der Waals surface area (Å²) in [6.45, 7) is 11.9. The van der Waals surface area contributed by atoms with Crippen LogP contribution in [0.4, 0.5) is 0 Å². The summed E-state index contributed by atoms with van der Waals surface area (Å²) in [5, 5.41) is 0.258. The van der Waals surface area contributed by atoms with Gasteiger partial charge in [0.2, 0.25) is 0 Å². The molecule has 0 aliphatic heterocycles. The maximum Gasteiger partial charge on any atom is 0.191 e. The second-order valence-corrected chi connectivity index (χ2v) is 11.2. The predicted octanol–water partition coefficient (Wildman–Crippen LogP) is 3.92. The first kappa shape index (κ1) is 15.3. The summed E-state index contributed by atoms with van der Waals surface area (Å²) in [6, 6.07) is 0. The van der Waals surface area contributed by atoms with Gasteiger partial charge in [-0.15, -0.1) is 0 Å². The van der Waals surface area contributed by atoms with Gasteiger partial charge in [-0.3, -0.25) is 4.79 Å². The summed E-state index contributed by atoms with van der Waals surface area (Å²) in [6.07, 6.45) is 3.61. The Morgan fingerprint density at radius 2 is 1.93 bits per heavy atom. The van der Waals surface area contributed by atoms with Crippen molar-refractivity contribution in [3.63, 3.8) is 0 Å². The molecule has 0 aliphatic rings. The number of aldehydes is 1. The van der Waals surface area contributed by atoms with Gasteiger partial charge in [0.15, 0.2) is 14.6 Å². The second kappa shape index (κ2) is 6.15. The third-order valence-electron chi connectivity index (χ3n) is 2.84. The lowest BCUT2D eigenvalue weighted by atomic mass is 10.2. The lowest BCUT2D eigenvalue weighted by molar-refractivity contribution is -0.104. The highest BCUT2D eigenvalue weighted by Crippen LogP contribution is 2.36. The van der Waals surface area contributed by atoms with Crippen molar-refractivity contribution in [2.75, 3.05) is 6.61 Å². The van der Waals surface area contributed by atoms with E-state index in [9.17, 15) is 4.79 Å². The van der Waals surface area contributed by atoms with Crippen molar-refractivity contribution >= 4 is 37.2 Å². The monoisotopic (exact) mass is 340 g/mol. The Morgan fingerprint density at radius 3 is 2.33 bits per heavy atom. The molecule has 0 amide bonds. The molecule has 88 valence electrons. The molecule has 4 heteroatoms. The molecule has 0 atom stereocenters. The minimum Gasteiger partial charge on any atom is -0.417 e. The summed E-state index contributed by atoms with van der Waals surface area (Å²) in [7, 11) is -1.61. The predicted molar refractivity (Wildman–Crippen MR) is 75.9 cm³/mol. The fourth-order valence-electron chi connectivity index (χ4n) is 0.776. The largest absolute Gasteiger partial charge is 0.417 e. The first-order chi connectivity index (χ1) is 6.70. The molecule has 15 heavy (non-hydrogen) atoms. The highest BCUT2D eigenvalue weighted by molar-refractivity contribution is 14.1. The quantitative estimate of drug-likeness (QED) is 0.249. The first-order valence-corrected chi connectivity index (χ1v) is 9.14. The summed E-state index contributed by atoms with van der Waals surface area (Å²) < 4.78 is 6.72. The lowest BCUT2D eigenvalue weighted by Crippen LogP contribution is -2.40. The molecule has 0 radical (unpaired) electrons. The zero-order chi connectivity index (χ0) is 12.1. The van der Waals surface area contributed by atoms with Gasteiger partial charge in [-0.2, -0.15) is 0 Å². The van der Waals surface area contributed by atoms with Crippen LogP contribution < -0.4 is 0 Å². The zero-order valence-corrected chi connectivity index (χ0v) is 13.4. The van der Waals surface area contributed by atoms with Gasteiger partial charge in [0.25, 0.3) is 0 Å². The van der Waals surface area contributed by atoms with Gasteiger partial charge in [0.1, 0.15) is 0 Å². The smallest absolute Gasteiger partial charge is 0.191 e. The Labute approximate surface area is 108 Å². The Hall–Kier alpha value is 0.317. The molecule has 0 rings (SSSR count). The van der Waals surface area contributed by atoms with Crippen LogP contribution in [0.3, 0.4) is 0 Å². The Bertz CT molecular complexity index is 241. The molecule has 0 aliphatic carbocycles. The molecule has 0 aromatic heterocycles. The number of allylic oxidation sites excluding steroid dienone is 1. The fraction of sp³-hybridized carbons (Fsp3) is 0.727. The molecule has 0 bridgehead atoms. The van der Waals surface area contributed by atoms with E-state index in [0.717, 1.165) is 22.9 Å².